The maximum Gasteiger partial charge on any atom is 0.0887 e. The molecule has 4 nitrogen and oxygen atoms in total. The van der Waals surface area contributed by atoms with E-state index in [0.29, 0.717) is 0 Å². The number of allylic oxidation sites excluding steroid dienone is 2. The molecule has 1 aliphatic heterocycles. The van der Waals surface area contributed by atoms with Gasteiger partial charge in [0, 0.05) is 26.3 Å². The van der Waals surface area contributed by atoms with Crippen LogP contribution >= 0.6 is 0 Å². The van der Waals surface area contributed by atoms with Crippen LogP contribution in [0, 0.1) is 6.92 Å². The molecule has 0 saturated heterocycles. The minimum atomic E-state index is 0.825. The van der Waals surface area contributed by atoms with E-state index in [1.807, 2.05) is 32.3 Å². The third-order valence-corrected chi connectivity index (χ3v) is 3.34. The molecule has 0 fully saturated rings. The van der Waals surface area contributed by atoms with Crippen LogP contribution < -0.4 is 4.90 Å². The van der Waals surface area contributed by atoms with Gasteiger partial charge < -0.3 is 9.80 Å². The van der Waals surface area contributed by atoms with Gasteiger partial charge in [-0.1, -0.05) is 0 Å². The van der Waals surface area contributed by atoms with Crippen molar-refractivity contribution in [1.29, 1.82) is 0 Å². The second-order valence-electron chi connectivity index (χ2n) is 5.13. The number of benzene rings is 1. The maximum absolute atomic E-state index is 4.38. The summed E-state index contributed by atoms with van der Waals surface area (Å²) < 4.78 is 0. The summed E-state index contributed by atoms with van der Waals surface area (Å²) in [7, 11) is 4.07. The van der Waals surface area contributed by atoms with Gasteiger partial charge in [-0.05, 0) is 56.0 Å². The zero-order chi connectivity index (χ0) is 14.5. The molecule has 0 unspecified atom stereocenters. The van der Waals surface area contributed by atoms with Crippen LogP contribution in [0.1, 0.15) is 12.5 Å². The minimum absolute atomic E-state index is 0.825. The summed E-state index contributed by atoms with van der Waals surface area (Å²) in [5.74, 6) is 0. The molecule has 1 aromatic rings. The highest BCUT2D eigenvalue weighted by molar-refractivity contribution is 5.56. The Morgan fingerprint density at radius 2 is 2.05 bits per heavy atom. The lowest BCUT2D eigenvalue weighted by Gasteiger charge is -2.20. The SMILES string of the molecule is CCN1C=CC=C(N=Nc2ccc(N(C)C)cc2C)C1. The third kappa shape index (κ3) is 3.47. The third-order valence-electron chi connectivity index (χ3n) is 3.34. The highest BCUT2D eigenvalue weighted by Crippen LogP contribution is 2.25. The van der Waals surface area contributed by atoms with Gasteiger partial charge in [0.25, 0.3) is 0 Å². The summed E-state index contributed by atoms with van der Waals surface area (Å²) in [6.07, 6.45) is 6.11. The number of rotatable bonds is 4. The average Bonchev–Trinajstić information content (AvgIpc) is 2.46. The van der Waals surface area contributed by atoms with E-state index in [2.05, 4.69) is 52.2 Å². The van der Waals surface area contributed by atoms with Crippen molar-refractivity contribution >= 4 is 11.4 Å². The summed E-state index contributed by atoms with van der Waals surface area (Å²) in [5.41, 5.74) is 4.23. The summed E-state index contributed by atoms with van der Waals surface area (Å²) in [6.45, 7) is 6.01. The first-order chi connectivity index (χ1) is 9.60. The molecule has 1 heterocycles. The summed E-state index contributed by atoms with van der Waals surface area (Å²) >= 11 is 0. The number of aryl methyl sites for hydroxylation is 1. The molecule has 0 spiro atoms. The van der Waals surface area contributed by atoms with Crippen molar-refractivity contribution in [1.82, 2.24) is 4.90 Å². The molecule has 0 radical (unpaired) electrons. The van der Waals surface area contributed by atoms with Gasteiger partial charge >= 0.3 is 0 Å². The Kier molecular flexibility index (Phi) is 4.56. The molecule has 1 aromatic carbocycles. The maximum atomic E-state index is 4.38. The standard InChI is InChI=1S/C16H22N4/c1-5-20-10-6-7-14(12-20)17-18-16-9-8-15(19(3)4)11-13(16)2/h6-11H,5,12H2,1-4H3. The molecular formula is C16H22N4. The van der Waals surface area contributed by atoms with Gasteiger partial charge in [0.2, 0.25) is 0 Å². The fraction of sp³-hybridized carbons (Fsp3) is 0.375. The number of hydrogen-bond donors (Lipinski definition) is 0. The first-order valence-corrected chi connectivity index (χ1v) is 6.91. The number of hydrogen-bond acceptors (Lipinski definition) is 4. The molecule has 0 bridgehead atoms. The molecule has 20 heavy (non-hydrogen) atoms. The van der Waals surface area contributed by atoms with Gasteiger partial charge in [-0.25, -0.2) is 0 Å². The molecule has 0 aliphatic carbocycles. The van der Waals surface area contributed by atoms with Crippen molar-refractivity contribution < 1.29 is 0 Å². The van der Waals surface area contributed by atoms with E-state index in [1.165, 1.54) is 5.69 Å². The predicted octanol–water partition coefficient (Wildman–Crippen LogP) is 3.88. The molecule has 0 aromatic heterocycles. The molecule has 4 heteroatoms. The van der Waals surface area contributed by atoms with Crippen molar-refractivity contribution in [2.75, 3.05) is 32.1 Å². The number of nitrogens with zero attached hydrogens (tertiary/aromatic N) is 4. The van der Waals surface area contributed by atoms with E-state index >= 15 is 0 Å². The van der Waals surface area contributed by atoms with Crippen molar-refractivity contribution in [2.24, 2.45) is 10.2 Å². The smallest absolute Gasteiger partial charge is 0.0887 e. The second kappa shape index (κ2) is 6.37. The Balaban J connectivity index is 2.12. The fourth-order valence-corrected chi connectivity index (χ4v) is 2.02. The van der Waals surface area contributed by atoms with E-state index < -0.39 is 0 Å². The highest BCUT2D eigenvalue weighted by atomic mass is 15.2. The van der Waals surface area contributed by atoms with Crippen molar-refractivity contribution in [3.8, 4) is 0 Å². The van der Waals surface area contributed by atoms with Gasteiger partial charge in [0.1, 0.15) is 0 Å². The predicted molar refractivity (Wildman–Crippen MR) is 84.5 cm³/mol. The molecule has 2 rings (SSSR count). The van der Waals surface area contributed by atoms with Gasteiger partial charge in [-0.3, -0.25) is 0 Å². The van der Waals surface area contributed by atoms with Gasteiger partial charge in [0.05, 0.1) is 17.9 Å². The van der Waals surface area contributed by atoms with Crippen LogP contribution in [-0.4, -0.2) is 32.1 Å². The monoisotopic (exact) mass is 270 g/mol. The van der Waals surface area contributed by atoms with Gasteiger partial charge in [-0.2, -0.15) is 10.2 Å². The second-order valence-corrected chi connectivity index (χ2v) is 5.13. The zero-order valence-corrected chi connectivity index (χ0v) is 12.7. The molecule has 0 N–H and O–H groups in total. The van der Waals surface area contributed by atoms with Crippen molar-refractivity contribution in [2.45, 2.75) is 13.8 Å². The summed E-state index contributed by atoms with van der Waals surface area (Å²) in [6, 6.07) is 6.21. The van der Waals surface area contributed by atoms with Crippen LogP contribution in [0.15, 0.2) is 52.5 Å². The van der Waals surface area contributed by atoms with E-state index in [9.17, 15) is 0 Å². The van der Waals surface area contributed by atoms with Gasteiger partial charge in [0.15, 0.2) is 0 Å². The average molecular weight is 270 g/mol. The molecule has 1 aliphatic rings. The summed E-state index contributed by atoms with van der Waals surface area (Å²) in [4.78, 5) is 4.29. The van der Waals surface area contributed by atoms with Crippen LogP contribution in [0.5, 0.6) is 0 Å². The lowest BCUT2D eigenvalue weighted by atomic mass is 10.2. The Morgan fingerprint density at radius 1 is 1.25 bits per heavy atom. The number of anilines is 1. The van der Waals surface area contributed by atoms with E-state index in [0.717, 1.165) is 30.0 Å². The largest absolute Gasteiger partial charge is 0.378 e. The quantitative estimate of drug-likeness (QED) is 0.777. The highest BCUT2D eigenvalue weighted by Gasteiger charge is 2.05. The lowest BCUT2D eigenvalue weighted by molar-refractivity contribution is 0.422. The molecule has 0 amide bonds. The first-order valence-electron chi connectivity index (χ1n) is 6.91. The van der Waals surface area contributed by atoms with Crippen LogP contribution in [0.2, 0.25) is 0 Å². The van der Waals surface area contributed by atoms with E-state index in [4.69, 9.17) is 0 Å². The lowest BCUT2D eigenvalue weighted by Crippen LogP contribution is -2.20. The first kappa shape index (κ1) is 14.3. The Morgan fingerprint density at radius 3 is 2.70 bits per heavy atom. The summed E-state index contributed by atoms with van der Waals surface area (Å²) in [5, 5.41) is 8.74. The van der Waals surface area contributed by atoms with Crippen LogP contribution in [0.3, 0.4) is 0 Å². The fourth-order valence-electron chi connectivity index (χ4n) is 2.02. The molecule has 0 saturated carbocycles. The van der Waals surface area contributed by atoms with Crippen molar-refractivity contribution in [3.05, 3.63) is 47.8 Å². The van der Waals surface area contributed by atoms with Crippen molar-refractivity contribution in [3.63, 3.8) is 0 Å². The molecule has 106 valence electrons. The van der Waals surface area contributed by atoms with Crippen LogP contribution in [-0.2, 0) is 0 Å². The molecular weight excluding hydrogens is 248 g/mol. The minimum Gasteiger partial charge on any atom is -0.378 e. The van der Waals surface area contributed by atoms with E-state index in [-0.39, 0.29) is 0 Å². The zero-order valence-electron chi connectivity index (χ0n) is 12.7. The Hall–Kier alpha value is -2.10. The molecule has 0 atom stereocenters. The topological polar surface area (TPSA) is 31.2 Å². The Labute approximate surface area is 121 Å². The van der Waals surface area contributed by atoms with E-state index in [1.54, 1.807) is 0 Å². The van der Waals surface area contributed by atoms with Gasteiger partial charge in [-0.15, -0.1) is 0 Å². The van der Waals surface area contributed by atoms with Crippen LogP contribution in [0.4, 0.5) is 11.4 Å². The normalized spacial score (nSPS) is 14.8. The number of likely N-dealkylation sites (N-methyl/N-ethyl adjacent to an activating group) is 1. The van der Waals surface area contributed by atoms with Crippen LogP contribution in [0.25, 0.3) is 0 Å². The number of azo groups is 1. The Bertz CT molecular complexity index is 556.